The molecule has 1 saturated heterocycles. The Morgan fingerprint density at radius 3 is 2.88 bits per heavy atom. The molecule has 2 N–H and O–H groups in total. The zero-order valence-corrected chi connectivity index (χ0v) is 10.5. The lowest BCUT2D eigenvalue weighted by Gasteiger charge is -2.12. The molecule has 1 atom stereocenters. The van der Waals surface area contributed by atoms with Crippen molar-refractivity contribution in [2.45, 2.75) is 32.7 Å². The van der Waals surface area contributed by atoms with E-state index in [9.17, 15) is 4.79 Å². The summed E-state index contributed by atoms with van der Waals surface area (Å²) in [7, 11) is 0. The Bertz CT molecular complexity index is 409. The van der Waals surface area contributed by atoms with E-state index in [2.05, 4.69) is 17.6 Å². The fraction of sp³-hybridized carbons (Fsp3) is 0.500. The van der Waals surface area contributed by atoms with Crippen molar-refractivity contribution >= 4 is 5.91 Å². The number of amides is 1. The van der Waals surface area contributed by atoms with Gasteiger partial charge in [-0.1, -0.05) is 6.07 Å². The number of aryl methyl sites for hydroxylation is 2. The number of benzene rings is 1. The molecule has 1 amide bonds. The Kier molecular flexibility index (Phi) is 3.79. The maximum atomic E-state index is 11.9. The lowest BCUT2D eigenvalue weighted by molar-refractivity contribution is 0.0950. The fourth-order valence-electron chi connectivity index (χ4n) is 2.13. The highest BCUT2D eigenvalue weighted by Crippen LogP contribution is 2.10. The minimum atomic E-state index is 0.0294. The molecule has 17 heavy (non-hydrogen) atoms. The van der Waals surface area contributed by atoms with Crippen LogP contribution >= 0.6 is 0 Å². The van der Waals surface area contributed by atoms with Crippen LogP contribution in [0.3, 0.4) is 0 Å². The van der Waals surface area contributed by atoms with Gasteiger partial charge in [0.1, 0.15) is 0 Å². The van der Waals surface area contributed by atoms with Crippen molar-refractivity contribution in [1.29, 1.82) is 0 Å². The monoisotopic (exact) mass is 232 g/mol. The van der Waals surface area contributed by atoms with Crippen LogP contribution in [0.25, 0.3) is 0 Å². The SMILES string of the molecule is Cc1ccc(C(=O)NCC2CCCN2)cc1C. The Morgan fingerprint density at radius 1 is 1.41 bits per heavy atom. The number of hydrogen-bond acceptors (Lipinski definition) is 2. The molecule has 3 heteroatoms. The maximum absolute atomic E-state index is 11.9. The van der Waals surface area contributed by atoms with Crippen molar-refractivity contribution in [3.63, 3.8) is 0 Å². The van der Waals surface area contributed by atoms with E-state index in [1.54, 1.807) is 0 Å². The van der Waals surface area contributed by atoms with E-state index in [-0.39, 0.29) is 5.91 Å². The predicted molar refractivity (Wildman–Crippen MR) is 69.3 cm³/mol. The van der Waals surface area contributed by atoms with Crippen molar-refractivity contribution in [3.8, 4) is 0 Å². The smallest absolute Gasteiger partial charge is 0.251 e. The van der Waals surface area contributed by atoms with Crippen LogP contribution in [0.4, 0.5) is 0 Å². The highest BCUT2D eigenvalue weighted by Gasteiger charge is 2.15. The van der Waals surface area contributed by atoms with E-state index in [1.807, 2.05) is 25.1 Å². The maximum Gasteiger partial charge on any atom is 0.251 e. The first-order chi connectivity index (χ1) is 8.16. The van der Waals surface area contributed by atoms with E-state index in [4.69, 9.17) is 0 Å². The van der Waals surface area contributed by atoms with Gasteiger partial charge in [0.25, 0.3) is 5.91 Å². The summed E-state index contributed by atoms with van der Waals surface area (Å²) in [4.78, 5) is 11.9. The average Bonchev–Trinajstić information content (AvgIpc) is 2.82. The lowest BCUT2D eigenvalue weighted by atomic mass is 10.1. The van der Waals surface area contributed by atoms with Gasteiger partial charge in [0, 0.05) is 18.2 Å². The van der Waals surface area contributed by atoms with E-state index in [0.717, 1.165) is 30.6 Å². The molecule has 1 heterocycles. The molecule has 1 aromatic rings. The van der Waals surface area contributed by atoms with Crippen LogP contribution in [-0.2, 0) is 0 Å². The summed E-state index contributed by atoms with van der Waals surface area (Å²) < 4.78 is 0. The molecular formula is C14H20N2O. The van der Waals surface area contributed by atoms with Crippen LogP contribution in [-0.4, -0.2) is 25.0 Å². The number of carbonyl (C=O) groups is 1. The molecule has 0 bridgehead atoms. The summed E-state index contributed by atoms with van der Waals surface area (Å²) >= 11 is 0. The van der Waals surface area contributed by atoms with Gasteiger partial charge < -0.3 is 10.6 Å². The van der Waals surface area contributed by atoms with E-state index < -0.39 is 0 Å². The van der Waals surface area contributed by atoms with Crippen LogP contribution in [0.2, 0.25) is 0 Å². The standard InChI is InChI=1S/C14H20N2O/c1-10-5-6-12(8-11(10)2)14(17)16-9-13-4-3-7-15-13/h5-6,8,13,15H,3-4,7,9H2,1-2H3,(H,16,17). The van der Waals surface area contributed by atoms with Crippen LogP contribution in [0.5, 0.6) is 0 Å². The van der Waals surface area contributed by atoms with E-state index >= 15 is 0 Å². The molecule has 2 rings (SSSR count). The van der Waals surface area contributed by atoms with Gasteiger partial charge in [0.05, 0.1) is 0 Å². The van der Waals surface area contributed by atoms with Crippen molar-refractivity contribution in [2.24, 2.45) is 0 Å². The first kappa shape index (κ1) is 12.1. The van der Waals surface area contributed by atoms with E-state index in [0.29, 0.717) is 6.04 Å². The van der Waals surface area contributed by atoms with Crippen LogP contribution in [0.1, 0.15) is 34.3 Å². The first-order valence-corrected chi connectivity index (χ1v) is 6.25. The van der Waals surface area contributed by atoms with Crippen LogP contribution in [0.15, 0.2) is 18.2 Å². The Balaban J connectivity index is 1.92. The molecule has 0 saturated carbocycles. The molecule has 0 aliphatic carbocycles. The second kappa shape index (κ2) is 5.32. The molecule has 92 valence electrons. The minimum absolute atomic E-state index is 0.0294. The molecule has 0 aromatic heterocycles. The molecular weight excluding hydrogens is 212 g/mol. The summed E-state index contributed by atoms with van der Waals surface area (Å²) in [6.45, 7) is 5.89. The third kappa shape index (κ3) is 3.07. The predicted octanol–water partition coefficient (Wildman–Crippen LogP) is 1.79. The number of carbonyl (C=O) groups excluding carboxylic acids is 1. The summed E-state index contributed by atoms with van der Waals surface area (Å²) in [6, 6.07) is 6.29. The summed E-state index contributed by atoms with van der Waals surface area (Å²) in [5, 5.41) is 6.36. The zero-order chi connectivity index (χ0) is 12.3. The molecule has 1 fully saturated rings. The minimum Gasteiger partial charge on any atom is -0.350 e. The number of hydrogen-bond donors (Lipinski definition) is 2. The Labute approximate surface area is 103 Å². The second-order valence-corrected chi connectivity index (χ2v) is 4.80. The quantitative estimate of drug-likeness (QED) is 0.834. The van der Waals surface area contributed by atoms with Gasteiger partial charge in [-0.05, 0) is 56.5 Å². The Morgan fingerprint density at radius 2 is 2.24 bits per heavy atom. The highest BCUT2D eigenvalue weighted by atomic mass is 16.1. The first-order valence-electron chi connectivity index (χ1n) is 6.25. The fourth-order valence-corrected chi connectivity index (χ4v) is 2.13. The molecule has 3 nitrogen and oxygen atoms in total. The van der Waals surface area contributed by atoms with Gasteiger partial charge in [0.15, 0.2) is 0 Å². The molecule has 1 aromatic carbocycles. The molecule has 1 aliphatic heterocycles. The largest absolute Gasteiger partial charge is 0.350 e. The number of nitrogens with one attached hydrogen (secondary N) is 2. The lowest BCUT2D eigenvalue weighted by Crippen LogP contribution is -2.37. The molecule has 0 spiro atoms. The van der Waals surface area contributed by atoms with Crippen molar-refractivity contribution in [1.82, 2.24) is 10.6 Å². The van der Waals surface area contributed by atoms with Gasteiger partial charge in [-0.3, -0.25) is 4.79 Å². The average molecular weight is 232 g/mol. The van der Waals surface area contributed by atoms with Gasteiger partial charge in [0.2, 0.25) is 0 Å². The molecule has 1 unspecified atom stereocenters. The molecule has 0 radical (unpaired) electrons. The van der Waals surface area contributed by atoms with Gasteiger partial charge in [-0.25, -0.2) is 0 Å². The Hall–Kier alpha value is -1.35. The second-order valence-electron chi connectivity index (χ2n) is 4.80. The summed E-state index contributed by atoms with van der Waals surface area (Å²) in [6.07, 6.45) is 2.37. The summed E-state index contributed by atoms with van der Waals surface area (Å²) in [5.74, 6) is 0.0294. The van der Waals surface area contributed by atoms with Gasteiger partial charge in [-0.2, -0.15) is 0 Å². The van der Waals surface area contributed by atoms with E-state index in [1.165, 1.54) is 12.0 Å². The topological polar surface area (TPSA) is 41.1 Å². The normalized spacial score (nSPS) is 19.3. The van der Waals surface area contributed by atoms with Crippen LogP contribution in [0, 0.1) is 13.8 Å². The van der Waals surface area contributed by atoms with Gasteiger partial charge >= 0.3 is 0 Å². The van der Waals surface area contributed by atoms with Crippen molar-refractivity contribution in [2.75, 3.05) is 13.1 Å². The third-order valence-corrected chi connectivity index (χ3v) is 3.44. The zero-order valence-electron chi connectivity index (χ0n) is 10.5. The van der Waals surface area contributed by atoms with Gasteiger partial charge in [-0.15, -0.1) is 0 Å². The molecule has 1 aliphatic rings. The highest BCUT2D eigenvalue weighted by molar-refractivity contribution is 5.94. The number of rotatable bonds is 3. The summed E-state index contributed by atoms with van der Waals surface area (Å²) in [5.41, 5.74) is 3.14. The third-order valence-electron chi connectivity index (χ3n) is 3.44. The van der Waals surface area contributed by atoms with Crippen molar-refractivity contribution in [3.05, 3.63) is 34.9 Å². The van der Waals surface area contributed by atoms with Crippen molar-refractivity contribution < 1.29 is 4.79 Å². The van der Waals surface area contributed by atoms with Crippen LogP contribution < -0.4 is 10.6 Å².